The van der Waals surface area contributed by atoms with Crippen LogP contribution < -0.4 is 0 Å². The Morgan fingerprint density at radius 1 is 1.25 bits per heavy atom. The zero-order valence-corrected chi connectivity index (χ0v) is 14.5. The number of aromatic nitrogens is 4. The molecular weight excluding hydrogens is 308 g/mol. The summed E-state index contributed by atoms with van der Waals surface area (Å²) in [6.07, 6.45) is 1.71. The van der Waals surface area contributed by atoms with Gasteiger partial charge in [-0.25, -0.2) is 19.4 Å². The van der Waals surface area contributed by atoms with Gasteiger partial charge in [-0.15, -0.1) is 0 Å². The summed E-state index contributed by atoms with van der Waals surface area (Å²) in [5.41, 5.74) is 2.58. The molecule has 0 aliphatic rings. The molecule has 0 atom stereocenters. The van der Waals surface area contributed by atoms with Gasteiger partial charge in [0, 0.05) is 11.4 Å². The van der Waals surface area contributed by atoms with Crippen molar-refractivity contribution in [1.29, 1.82) is 0 Å². The normalized spacial score (nSPS) is 11.4. The van der Waals surface area contributed by atoms with Crippen molar-refractivity contribution in [2.45, 2.75) is 47.3 Å². The molecule has 0 saturated heterocycles. The molecule has 0 aromatic carbocycles. The number of rotatable bonds is 4. The van der Waals surface area contributed by atoms with E-state index in [-0.39, 0.29) is 12.6 Å². The molecule has 3 aromatic heterocycles. The molecule has 7 heteroatoms. The van der Waals surface area contributed by atoms with E-state index in [1.54, 1.807) is 19.2 Å². The van der Waals surface area contributed by atoms with E-state index in [0.717, 1.165) is 22.5 Å². The number of ether oxygens (including phenoxy) is 1. The van der Waals surface area contributed by atoms with Crippen LogP contribution in [0.4, 0.5) is 0 Å². The third kappa shape index (κ3) is 2.89. The number of aryl methyl sites for hydroxylation is 3. The Labute approximate surface area is 139 Å². The number of pyridine rings is 1. The van der Waals surface area contributed by atoms with Gasteiger partial charge in [-0.2, -0.15) is 5.10 Å². The summed E-state index contributed by atoms with van der Waals surface area (Å²) in [4.78, 5) is 21.1. The molecule has 0 bridgehead atoms. The molecule has 0 unspecified atom stereocenters. The van der Waals surface area contributed by atoms with Crippen molar-refractivity contribution in [3.05, 3.63) is 40.9 Å². The second-order valence-electron chi connectivity index (χ2n) is 6.04. The molecule has 0 N–H and O–H groups in total. The quantitative estimate of drug-likeness (QED) is 0.683. The van der Waals surface area contributed by atoms with Crippen LogP contribution in [0.25, 0.3) is 11.0 Å². The maximum absolute atomic E-state index is 12.4. The Balaban J connectivity index is 1.83. The monoisotopic (exact) mass is 328 g/mol. The van der Waals surface area contributed by atoms with Gasteiger partial charge >= 0.3 is 5.97 Å². The Morgan fingerprint density at radius 3 is 2.62 bits per heavy atom. The lowest BCUT2D eigenvalue weighted by molar-refractivity contribution is 0.0435. The molecule has 0 aliphatic carbocycles. The smallest absolute Gasteiger partial charge is 0.340 e. The Hall–Kier alpha value is -2.70. The number of nitrogens with zero attached hydrogens (tertiary/aromatic N) is 4. The van der Waals surface area contributed by atoms with Crippen molar-refractivity contribution in [2.75, 3.05) is 0 Å². The van der Waals surface area contributed by atoms with Gasteiger partial charge in [-0.3, -0.25) is 0 Å². The van der Waals surface area contributed by atoms with Crippen molar-refractivity contribution in [1.82, 2.24) is 19.7 Å². The van der Waals surface area contributed by atoms with Crippen LogP contribution >= 0.6 is 0 Å². The number of hydrogen-bond acceptors (Lipinski definition) is 6. The summed E-state index contributed by atoms with van der Waals surface area (Å²) < 4.78 is 12.5. The fraction of sp³-hybridized carbons (Fsp3) is 0.412. The van der Waals surface area contributed by atoms with Crippen LogP contribution in [0.1, 0.15) is 53.3 Å². The second kappa shape index (κ2) is 6.07. The van der Waals surface area contributed by atoms with Gasteiger partial charge in [0.15, 0.2) is 12.3 Å². The lowest BCUT2D eigenvalue weighted by Gasteiger charge is -2.09. The van der Waals surface area contributed by atoms with E-state index in [9.17, 15) is 4.79 Å². The first-order valence-electron chi connectivity index (χ1n) is 7.81. The maximum atomic E-state index is 12.4. The molecule has 0 spiro atoms. The standard InChI is InChI=1S/C17H20N4O3/c1-9(2)21-16-13(7-18-21)6-14(11(4)20-16)17(22)23-8-15-19-10(3)12(5)24-15/h6-7,9H,8H2,1-5H3. The van der Waals surface area contributed by atoms with Gasteiger partial charge in [0.2, 0.25) is 5.89 Å². The Kier molecular flexibility index (Phi) is 4.09. The van der Waals surface area contributed by atoms with Crippen LogP contribution in [0.15, 0.2) is 16.7 Å². The predicted octanol–water partition coefficient (Wildman–Crippen LogP) is 3.28. The first-order chi connectivity index (χ1) is 11.4. The van der Waals surface area contributed by atoms with Crippen LogP contribution in [0.3, 0.4) is 0 Å². The summed E-state index contributed by atoms with van der Waals surface area (Å²) in [5.74, 6) is 0.659. The number of carbonyl (C=O) groups is 1. The van der Waals surface area contributed by atoms with E-state index in [1.807, 2.05) is 32.4 Å². The molecule has 3 heterocycles. The first kappa shape index (κ1) is 16.2. The van der Waals surface area contributed by atoms with E-state index in [4.69, 9.17) is 9.15 Å². The molecular formula is C17H20N4O3. The van der Waals surface area contributed by atoms with Crippen molar-refractivity contribution in [3.8, 4) is 0 Å². The third-order valence-corrected chi connectivity index (χ3v) is 3.87. The summed E-state index contributed by atoms with van der Waals surface area (Å²) >= 11 is 0. The van der Waals surface area contributed by atoms with Crippen LogP contribution in [-0.2, 0) is 11.3 Å². The molecule has 0 fully saturated rings. The van der Waals surface area contributed by atoms with Crippen LogP contribution in [0.2, 0.25) is 0 Å². The van der Waals surface area contributed by atoms with Crippen LogP contribution in [0.5, 0.6) is 0 Å². The molecule has 0 aliphatic heterocycles. The summed E-state index contributed by atoms with van der Waals surface area (Å²) in [6.45, 7) is 9.52. The average molecular weight is 328 g/mol. The molecule has 0 saturated carbocycles. The van der Waals surface area contributed by atoms with Crippen LogP contribution in [-0.4, -0.2) is 25.7 Å². The number of carbonyl (C=O) groups excluding carboxylic acids is 1. The van der Waals surface area contributed by atoms with Crippen molar-refractivity contribution in [3.63, 3.8) is 0 Å². The summed E-state index contributed by atoms with van der Waals surface area (Å²) in [5, 5.41) is 5.13. The zero-order valence-electron chi connectivity index (χ0n) is 14.5. The molecule has 126 valence electrons. The van der Waals surface area contributed by atoms with E-state index < -0.39 is 5.97 Å². The lowest BCUT2D eigenvalue weighted by Crippen LogP contribution is -2.10. The van der Waals surface area contributed by atoms with E-state index in [0.29, 0.717) is 17.1 Å². The molecule has 3 aromatic rings. The summed E-state index contributed by atoms with van der Waals surface area (Å²) in [7, 11) is 0. The third-order valence-electron chi connectivity index (χ3n) is 3.87. The topological polar surface area (TPSA) is 83.0 Å². The fourth-order valence-electron chi connectivity index (χ4n) is 2.46. The van der Waals surface area contributed by atoms with Crippen LogP contribution in [0, 0.1) is 20.8 Å². The highest BCUT2D eigenvalue weighted by Gasteiger charge is 2.17. The summed E-state index contributed by atoms with van der Waals surface area (Å²) in [6, 6.07) is 1.96. The molecule has 0 amide bonds. The second-order valence-corrected chi connectivity index (χ2v) is 6.04. The van der Waals surface area contributed by atoms with Gasteiger partial charge in [0.05, 0.1) is 23.1 Å². The van der Waals surface area contributed by atoms with E-state index >= 15 is 0 Å². The lowest BCUT2D eigenvalue weighted by atomic mass is 10.2. The first-order valence-corrected chi connectivity index (χ1v) is 7.81. The Bertz CT molecular complexity index is 889. The maximum Gasteiger partial charge on any atom is 0.340 e. The van der Waals surface area contributed by atoms with Gasteiger partial charge in [0.25, 0.3) is 0 Å². The predicted molar refractivity (Wildman–Crippen MR) is 87.7 cm³/mol. The fourth-order valence-corrected chi connectivity index (χ4v) is 2.46. The highest BCUT2D eigenvalue weighted by atomic mass is 16.5. The van der Waals surface area contributed by atoms with E-state index in [1.165, 1.54) is 0 Å². The largest absolute Gasteiger partial charge is 0.452 e. The van der Waals surface area contributed by atoms with Gasteiger partial charge in [-0.05, 0) is 40.7 Å². The Morgan fingerprint density at radius 2 is 2.00 bits per heavy atom. The van der Waals surface area contributed by atoms with Crippen molar-refractivity contribution < 1.29 is 13.9 Å². The SMILES string of the molecule is Cc1nc2c(cnn2C(C)C)cc1C(=O)OCc1nc(C)c(C)o1. The van der Waals surface area contributed by atoms with E-state index in [2.05, 4.69) is 15.1 Å². The van der Waals surface area contributed by atoms with Gasteiger partial charge in [0.1, 0.15) is 5.76 Å². The number of fused-ring (bicyclic) bond motifs is 1. The number of oxazole rings is 1. The average Bonchev–Trinajstić information content (AvgIpc) is 3.07. The zero-order chi connectivity index (χ0) is 17.4. The number of hydrogen-bond donors (Lipinski definition) is 0. The highest BCUT2D eigenvalue weighted by molar-refractivity contribution is 5.94. The minimum atomic E-state index is -0.451. The van der Waals surface area contributed by atoms with Crippen molar-refractivity contribution in [2.24, 2.45) is 0 Å². The molecule has 3 rings (SSSR count). The highest BCUT2D eigenvalue weighted by Crippen LogP contribution is 2.20. The number of esters is 1. The minimum Gasteiger partial charge on any atom is -0.452 e. The van der Waals surface area contributed by atoms with Gasteiger partial charge < -0.3 is 9.15 Å². The minimum absolute atomic E-state index is 0.00372. The molecule has 0 radical (unpaired) electrons. The van der Waals surface area contributed by atoms with Crippen molar-refractivity contribution >= 4 is 17.0 Å². The van der Waals surface area contributed by atoms with Gasteiger partial charge in [-0.1, -0.05) is 0 Å². The molecule has 24 heavy (non-hydrogen) atoms. The molecule has 7 nitrogen and oxygen atoms in total.